The standard InChI is InChI=1S/C11H11N3O2/c15-14(16)9-4-5-11-10(6-9)12-7-13(11)8-2-1-3-8/h4-8H,1-3H2. The monoisotopic (exact) mass is 217 g/mol. The lowest BCUT2D eigenvalue weighted by molar-refractivity contribution is -0.384. The van der Waals surface area contributed by atoms with Gasteiger partial charge >= 0.3 is 0 Å². The van der Waals surface area contributed by atoms with Gasteiger partial charge in [-0.1, -0.05) is 0 Å². The van der Waals surface area contributed by atoms with Gasteiger partial charge < -0.3 is 4.57 Å². The second-order valence-corrected chi connectivity index (χ2v) is 4.17. The van der Waals surface area contributed by atoms with Crippen LogP contribution in [-0.2, 0) is 0 Å². The zero-order chi connectivity index (χ0) is 11.1. The predicted molar refractivity (Wildman–Crippen MR) is 59.3 cm³/mol. The Bertz CT molecular complexity index is 557. The zero-order valence-corrected chi connectivity index (χ0v) is 8.67. The van der Waals surface area contributed by atoms with E-state index in [1.54, 1.807) is 18.5 Å². The third-order valence-corrected chi connectivity index (χ3v) is 3.24. The Hall–Kier alpha value is -1.91. The molecule has 1 fully saturated rings. The van der Waals surface area contributed by atoms with Gasteiger partial charge in [0.1, 0.15) is 0 Å². The molecule has 16 heavy (non-hydrogen) atoms. The second-order valence-electron chi connectivity index (χ2n) is 4.17. The molecule has 0 bridgehead atoms. The summed E-state index contributed by atoms with van der Waals surface area (Å²) in [6.45, 7) is 0. The normalized spacial score (nSPS) is 16.2. The predicted octanol–water partition coefficient (Wildman–Crippen LogP) is 2.67. The van der Waals surface area contributed by atoms with Crippen molar-refractivity contribution in [3.8, 4) is 0 Å². The lowest BCUT2D eigenvalue weighted by atomic mass is 9.93. The van der Waals surface area contributed by atoms with E-state index < -0.39 is 0 Å². The van der Waals surface area contributed by atoms with Crippen LogP contribution in [0.5, 0.6) is 0 Å². The van der Waals surface area contributed by atoms with E-state index in [-0.39, 0.29) is 10.6 Å². The molecular weight excluding hydrogens is 206 g/mol. The Morgan fingerprint density at radius 1 is 1.44 bits per heavy atom. The van der Waals surface area contributed by atoms with Gasteiger partial charge in [0.25, 0.3) is 5.69 Å². The topological polar surface area (TPSA) is 61.0 Å². The number of hydrogen-bond acceptors (Lipinski definition) is 3. The highest BCUT2D eigenvalue weighted by Crippen LogP contribution is 2.34. The van der Waals surface area contributed by atoms with Crippen molar-refractivity contribution in [2.75, 3.05) is 0 Å². The molecule has 3 rings (SSSR count). The first-order valence-electron chi connectivity index (χ1n) is 5.37. The molecule has 0 N–H and O–H groups in total. The first kappa shape index (κ1) is 9.33. The van der Waals surface area contributed by atoms with E-state index in [1.807, 2.05) is 0 Å². The van der Waals surface area contributed by atoms with E-state index in [0.717, 1.165) is 5.52 Å². The first-order valence-corrected chi connectivity index (χ1v) is 5.37. The summed E-state index contributed by atoms with van der Waals surface area (Å²) < 4.78 is 2.13. The van der Waals surface area contributed by atoms with Crippen LogP contribution in [-0.4, -0.2) is 14.5 Å². The fourth-order valence-corrected chi connectivity index (χ4v) is 2.09. The van der Waals surface area contributed by atoms with Gasteiger partial charge in [-0.3, -0.25) is 10.1 Å². The summed E-state index contributed by atoms with van der Waals surface area (Å²) in [4.78, 5) is 14.5. The summed E-state index contributed by atoms with van der Waals surface area (Å²) in [6, 6.07) is 5.40. The number of aromatic nitrogens is 2. The lowest BCUT2D eigenvalue weighted by Crippen LogP contribution is -2.15. The van der Waals surface area contributed by atoms with Gasteiger partial charge in [0.05, 0.1) is 22.3 Å². The van der Waals surface area contributed by atoms with Crippen LogP contribution in [0.3, 0.4) is 0 Å². The minimum atomic E-state index is -0.387. The van der Waals surface area contributed by atoms with E-state index in [4.69, 9.17) is 0 Å². The average Bonchev–Trinajstić information content (AvgIpc) is 2.59. The Morgan fingerprint density at radius 3 is 2.88 bits per heavy atom. The van der Waals surface area contributed by atoms with Crippen LogP contribution in [0.25, 0.3) is 11.0 Å². The molecule has 1 aliphatic rings. The number of nitro groups is 1. The van der Waals surface area contributed by atoms with Crippen LogP contribution in [0, 0.1) is 10.1 Å². The van der Waals surface area contributed by atoms with Crippen molar-refractivity contribution in [3.63, 3.8) is 0 Å². The van der Waals surface area contributed by atoms with Gasteiger partial charge in [0.15, 0.2) is 0 Å². The minimum Gasteiger partial charge on any atom is -0.327 e. The van der Waals surface area contributed by atoms with Crippen LogP contribution in [0.4, 0.5) is 5.69 Å². The molecule has 1 aromatic heterocycles. The average molecular weight is 217 g/mol. The molecule has 1 aliphatic carbocycles. The van der Waals surface area contributed by atoms with Crippen molar-refractivity contribution in [2.45, 2.75) is 25.3 Å². The van der Waals surface area contributed by atoms with E-state index in [9.17, 15) is 10.1 Å². The Labute approximate surface area is 91.9 Å². The summed E-state index contributed by atoms with van der Waals surface area (Å²) in [7, 11) is 0. The maximum atomic E-state index is 10.6. The van der Waals surface area contributed by atoms with Crippen LogP contribution >= 0.6 is 0 Å². The van der Waals surface area contributed by atoms with Crippen molar-refractivity contribution in [3.05, 3.63) is 34.6 Å². The molecule has 2 aromatic rings. The molecule has 5 nitrogen and oxygen atoms in total. The van der Waals surface area contributed by atoms with E-state index in [2.05, 4.69) is 9.55 Å². The van der Waals surface area contributed by atoms with Gasteiger partial charge in [-0.2, -0.15) is 0 Å². The largest absolute Gasteiger partial charge is 0.327 e. The van der Waals surface area contributed by atoms with E-state index >= 15 is 0 Å². The van der Waals surface area contributed by atoms with Crippen molar-refractivity contribution in [1.29, 1.82) is 0 Å². The fraction of sp³-hybridized carbons (Fsp3) is 0.364. The minimum absolute atomic E-state index is 0.103. The molecule has 1 heterocycles. The lowest BCUT2D eigenvalue weighted by Gasteiger charge is -2.27. The smallest absolute Gasteiger partial charge is 0.271 e. The molecule has 0 radical (unpaired) electrons. The third kappa shape index (κ3) is 1.28. The molecule has 1 aromatic carbocycles. The molecule has 5 heteroatoms. The summed E-state index contributed by atoms with van der Waals surface area (Å²) >= 11 is 0. The molecule has 0 aliphatic heterocycles. The highest BCUT2D eigenvalue weighted by Gasteiger charge is 2.21. The van der Waals surface area contributed by atoms with Crippen molar-refractivity contribution in [2.24, 2.45) is 0 Å². The van der Waals surface area contributed by atoms with Crippen molar-refractivity contribution in [1.82, 2.24) is 9.55 Å². The highest BCUT2D eigenvalue weighted by atomic mass is 16.6. The van der Waals surface area contributed by atoms with Gasteiger partial charge in [-0.15, -0.1) is 0 Å². The molecule has 0 amide bonds. The zero-order valence-electron chi connectivity index (χ0n) is 8.67. The fourth-order valence-electron chi connectivity index (χ4n) is 2.09. The number of fused-ring (bicyclic) bond motifs is 1. The molecule has 0 atom stereocenters. The highest BCUT2D eigenvalue weighted by molar-refractivity contribution is 5.78. The van der Waals surface area contributed by atoms with Gasteiger partial charge in [0, 0.05) is 18.2 Å². The summed E-state index contributed by atoms with van der Waals surface area (Å²) in [5.41, 5.74) is 1.81. The Kier molecular flexibility index (Phi) is 1.92. The number of hydrogen-bond donors (Lipinski definition) is 0. The maximum absolute atomic E-state index is 10.6. The van der Waals surface area contributed by atoms with Crippen LogP contribution in [0.15, 0.2) is 24.5 Å². The molecule has 0 spiro atoms. The van der Waals surface area contributed by atoms with Crippen LogP contribution < -0.4 is 0 Å². The number of rotatable bonds is 2. The molecule has 1 saturated carbocycles. The van der Waals surface area contributed by atoms with Gasteiger partial charge in [-0.25, -0.2) is 4.98 Å². The van der Waals surface area contributed by atoms with E-state index in [0.29, 0.717) is 11.6 Å². The van der Waals surface area contributed by atoms with Crippen LogP contribution in [0.1, 0.15) is 25.3 Å². The van der Waals surface area contributed by atoms with Crippen molar-refractivity contribution < 1.29 is 4.92 Å². The second kappa shape index (κ2) is 3.30. The van der Waals surface area contributed by atoms with Gasteiger partial charge in [0.2, 0.25) is 0 Å². The summed E-state index contributed by atoms with van der Waals surface area (Å²) in [5.74, 6) is 0. The first-order chi connectivity index (χ1) is 7.75. The molecular formula is C11H11N3O2. The van der Waals surface area contributed by atoms with Gasteiger partial charge in [-0.05, 0) is 25.3 Å². The third-order valence-electron chi connectivity index (χ3n) is 3.24. The number of nitro benzene ring substituents is 1. The maximum Gasteiger partial charge on any atom is 0.271 e. The number of nitrogens with zero attached hydrogens (tertiary/aromatic N) is 3. The molecule has 0 unspecified atom stereocenters. The Balaban J connectivity index is 2.10. The van der Waals surface area contributed by atoms with E-state index in [1.165, 1.54) is 25.3 Å². The number of benzene rings is 1. The molecule has 82 valence electrons. The van der Waals surface area contributed by atoms with Crippen LogP contribution in [0.2, 0.25) is 0 Å². The summed E-state index contributed by atoms with van der Waals surface area (Å²) in [5, 5.41) is 10.6. The Morgan fingerprint density at radius 2 is 2.25 bits per heavy atom. The number of imidazole rings is 1. The molecule has 0 saturated heterocycles. The SMILES string of the molecule is O=[N+]([O-])c1ccc2c(c1)ncn2C1CCC1. The van der Waals surface area contributed by atoms with Crippen molar-refractivity contribution >= 4 is 16.7 Å². The quantitative estimate of drug-likeness (QED) is 0.574. The number of non-ortho nitro benzene ring substituents is 1. The summed E-state index contributed by atoms with van der Waals surface area (Å²) in [6.07, 6.45) is 5.42.